The van der Waals surface area contributed by atoms with Crippen molar-refractivity contribution in [1.29, 1.82) is 0 Å². The van der Waals surface area contributed by atoms with E-state index < -0.39 is 54.5 Å². The predicted molar refractivity (Wildman–Crippen MR) is 204 cm³/mol. The zero-order chi connectivity index (χ0) is 38.5. The summed E-state index contributed by atoms with van der Waals surface area (Å²) in [5, 5.41) is 10.8. The highest BCUT2D eigenvalue weighted by atomic mass is 16.5. The minimum atomic E-state index is -1.10. The van der Waals surface area contributed by atoms with E-state index >= 15 is 0 Å². The van der Waals surface area contributed by atoms with E-state index in [0.717, 1.165) is 22.3 Å². The molecule has 3 aromatic carbocycles. The van der Waals surface area contributed by atoms with E-state index in [1.54, 1.807) is 19.3 Å². The van der Waals surface area contributed by atoms with Crippen LogP contribution in [0.15, 0.2) is 116 Å². The van der Waals surface area contributed by atoms with Gasteiger partial charge in [0.25, 0.3) is 0 Å². The molecule has 54 heavy (non-hydrogen) atoms. The van der Waals surface area contributed by atoms with Crippen LogP contribution in [0.1, 0.15) is 48.9 Å². The Morgan fingerprint density at radius 3 is 1.80 bits per heavy atom. The quantitative estimate of drug-likeness (QED) is 0.0763. The van der Waals surface area contributed by atoms with Crippen molar-refractivity contribution in [3.8, 4) is 0 Å². The summed E-state index contributed by atoms with van der Waals surface area (Å²) in [6.45, 7) is 3.45. The first kappa shape index (κ1) is 40.7. The molecule has 4 amide bonds. The molecule has 12 heteroatoms. The molecule has 0 aliphatic rings. The van der Waals surface area contributed by atoms with Crippen LogP contribution in [-0.2, 0) is 54.5 Å². The van der Waals surface area contributed by atoms with Gasteiger partial charge in [-0.25, -0.2) is 9.59 Å². The number of benzene rings is 3. The number of carbonyl (C=O) groups is 5. The number of hydrogen-bond acceptors (Lipinski definition) is 8. The van der Waals surface area contributed by atoms with Crippen LogP contribution in [0, 0.1) is 5.92 Å². The second-order valence-electron chi connectivity index (χ2n) is 13.0. The largest absolute Gasteiger partial charge is 0.464 e. The van der Waals surface area contributed by atoms with Crippen molar-refractivity contribution in [2.75, 3.05) is 13.2 Å². The third-order valence-electron chi connectivity index (χ3n) is 8.82. The van der Waals surface area contributed by atoms with Gasteiger partial charge in [-0.05, 0) is 53.1 Å². The molecule has 0 radical (unpaired) electrons. The van der Waals surface area contributed by atoms with E-state index in [9.17, 15) is 24.0 Å². The van der Waals surface area contributed by atoms with E-state index in [0.29, 0.717) is 19.3 Å². The number of nitrogens with one attached hydrogen (secondary N) is 4. The van der Waals surface area contributed by atoms with E-state index in [1.165, 1.54) is 0 Å². The van der Waals surface area contributed by atoms with Gasteiger partial charge in [0.05, 0.1) is 6.61 Å². The predicted octanol–water partition coefficient (Wildman–Crippen LogP) is 4.47. The summed E-state index contributed by atoms with van der Waals surface area (Å²) < 4.78 is 10.8. The molecule has 0 bridgehead atoms. The molecule has 0 unspecified atom stereocenters. The van der Waals surface area contributed by atoms with Crippen LogP contribution in [0.25, 0.3) is 0 Å². The van der Waals surface area contributed by atoms with E-state index in [2.05, 4.69) is 26.3 Å². The molecule has 0 fully saturated rings. The van der Waals surface area contributed by atoms with Gasteiger partial charge in [0, 0.05) is 25.2 Å². The number of rotatable bonds is 20. The molecule has 0 aliphatic heterocycles. The average Bonchev–Trinajstić information content (AvgIpc) is 3.20. The van der Waals surface area contributed by atoms with Gasteiger partial charge in [0.15, 0.2) is 0 Å². The van der Waals surface area contributed by atoms with Gasteiger partial charge in [-0.15, -0.1) is 0 Å². The second kappa shape index (κ2) is 22.1. The number of hydrogen-bond donors (Lipinski definition) is 4. The summed E-state index contributed by atoms with van der Waals surface area (Å²) in [6, 6.07) is 28.2. The van der Waals surface area contributed by atoms with Gasteiger partial charge in [-0.3, -0.25) is 19.4 Å². The number of aromatic nitrogens is 1. The lowest BCUT2D eigenvalue weighted by atomic mass is 9.97. The number of amides is 4. The number of aryl methyl sites for hydroxylation is 1. The Morgan fingerprint density at radius 2 is 1.20 bits per heavy atom. The lowest BCUT2D eigenvalue weighted by Gasteiger charge is -2.27. The number of esters is 1. The van der Waals surface area contributed by atoms with Crippen LogP contribution in [0.2, 0.25) is 0 Å². The maximum absolute atomic E-state index is 14.0. The summed E-state index contributed by atoms with van der Waals surface area (Å²) in [5.74, 6) is -2.69. The molecular formula is C42H49N5O7. The van der Waals surface area contributed by atoms with Crippen molar-refractivity contribution in [1.82, 2.24) is 26.3 Å². The smallest absolute Gasteiger partial charge is 0.407 e. The summed E-state index contributed by atoms with van der Waals surface area (Å²) in [7, 11) is 0. The van der Waals surface area contributed by atoms with Gasteiger partial charge >= 0.3 is 12.1 Å². The first-order chi connectivity index (χ1) is 26.2. The van der Waals surface area contributed by atoms with E-state index in [4.69, 9.17) is 9.47 Å². The average molecular weight is 736 g/mol. The minimum absolute atomic E-state index is 0.0351. The Balaban J connectivity index is 1.42. The lowest BCUT2D eigenvalue weighted by molar-refractivity contribution is -0.148. The van der Waals surface area contributed by atoms with E-state index in [-0.39, 0.29) is 32.0 Å². The summed E-state index contributed by atoms with van der Waals surface area (Å²) >= 11 is 0. The summed E-state index contributed by atoms with van der Waals surface area (Å²) in [4.78, 5) is 70.6. The molecule has 1 aromatic heterocycles. The van der Waals surface area contributed by atoms with Gasteiger partial charge in [0.2, 0.25) is 17.7 Å². The highest BCUT2D eigenvalue weighted by molar-refractivity contribution is 5.94. The monoisotopic (exact) mass is 735 g/mol. The summed E-state index contributed by atoms with van der Waals surface area (Å²) in [5.41, 5.74) is 3.45. The number of carbonyl (C=O) groups excluding carboxylic acids is 5. The molecule has 1 heterocycles. The normalized spacial score (nSPS) is 12.9. The van der Waals surface area contributed by atoms with Crippen LogP contribution in [0.5, 0.6) is 0 Å². The second-order valence-corrected chi connectivity index (χ2v) is 13.0. The Bertz CT molecular complexity index is 1760. The molecule has 4 atom stereocenters. The number of nitrogens with zero attached hydrogens (tertiary/aromatic N) is 1. The standard InChI is InChI=1S/C42H49N5O7/c1-3-30(2)38(47-37(48)28-44-42(52)54-29-34-18-11-6-12-19-34)40(50)45-35(26-32-14-7-4-8-15-32)39(49)46-36(27-33-16-9-5-10-17-33)41(51)53-25-13-20-31-21-23-43-24-22-31/h4-12,14-19,21-24,30,35-36,38H,3,13,20,25-29H2,1-2H3,(H,44,52)(H,45,50)(H,46,49)(H,47,48)/t30-,35-,36-,38-/m0/s1. The van der Waals surface area contributed by atoms with Crippen molar-refractivity contribution in [2.24, 2.45) is 5.92 Å². The van der Waals surface area contributed by atoms with Crippen LogP contribution in [0.3, 0.4) is 0 Å². The fourth-order valence-electron chi connectivity index (χ4n) is 5.59. The Hall–Kier alpha value is -6.04. The van der Waals surface area contributed by atoms with Crippen LogP contribution < -0.4 is 21.3 Å². The highest BCUT2D eigenvalue weighted by Gasteiger charge is 2.32. The fourth-order valence-corrected chi connectivity index (χ4v) is 5.59. The molecular weight excluding hydrogens is 686 g/mol. The van der Waals surface area contributed by atoms with Gasteiger partial charge < -0.3 is 30.7 Å². The maximum atomic E-state index is 14.0. The summed E-state index contributed by atoms with van der Waals surface area (Å²) in [6.07, 6.45) is 4.74. The zero-order valence-electron chi connectivity index (χ0n) is 30.7. The fraction of sp³-hybridized carbons (Fsp3) is 0.333. The molecule has 0 aliphatic carbocycles. The van der Waals surface area contributed by atoms with Crippen LogP contribution >= 0.6 is 0 Å². The zero-order valence-corrected chi connectivity index (χ0v) is 30.7. The first-order valence-electron chi connectivity index (χ1n) is 18.2. The lowest BCUT2D eigenvalue weighted by Crippen LogP contribution is -2.58. The van der Waals surface area contributed by atoms with Gasteiger partial charge in [-0.2, -0.15) is 0 Å². The van der Waals surface area contributed by atoms with Crippen molar-refractivity contribution < 1.29 is 33.4 Å². The minimum Gasteiger partial charge on any atom is -0.464 e. The molecule has 4 rings (SSSR count). The third-order valence-corrected chi connectivity index (χ3v) is 8.82. The Kier molecular flexibility index (Phi) is 16.7. The number of ether oxygens (including phenoxy) is 2. The van der Waals surface area contributed by atoms with Crippen molar-refractivity contribution in [3.63, 3.8) is 0 Å². The molecule has 4 aromatic rings. The van der Waals surface area contributed by atoms with Gasteiger partial charge in [-0.1, -0.05) is 111 Å². The van der Waals surface area contributed by atoms with Crippen LogP contribution in [0.4, 0.5) is 4.79 Å². The van der Waals surface area contributed by atoms with Crippen molar-refractivity contribution in [3.05, 3.63) is 138 Å². The SMILES string of the molecule is CC[C@H](C)[C@H](NC(=O)CNC(=O)OCc1ccccc1)C(=O)N[C@@H](Cc1ccccc1)C(=O)N[C@@H](Cc1ccccc1)C(=O)OCCCc1ccncc1. The van der Waals surface area contributed by atoms with Crippen molar-refractivity contribution >= 4 is 29.8 Å². The topological polar surface area (TPSA) is 165 Å². The molecule has 0 saturated carbocycles. The van der Waals surface area contributed by atoms with Crippen LogP contribution in [-0.4, -0.2) is 66.0 Å². The van der Waals surface area contributed by atoms with E-state index in [1.807, 2.05) is 110 Å². The number of pyridine rings is 1. The molecule has 0 spiro atoms. The highest BCUT2D eigenvalue weighted by Crippen LogP contribution is 2.12. The third kappa shape index (κ3) is 14.2. The first-order valence-corrected chi connectivity index (χ1v) is 18.2. The molecule has 284 valence electrons. The Morgan fingerprint density at radius 1 is 0.648 bits per heavy atom. The Labute approximate surface area is 316 Å². The number of alkyl carbamates (subject to hydrolysis) is 1. The molecule has 12 nitrogen and oxygen atoms in total. The molecule has 0 saturated heterocycles. The van der Waals surface area contributed by atoms with Crippen molar-refractivity contribution in [2.45, 2.75) is 70.7 Å². The molecule has 4 N–H and O–H groups in total. The maximum Gasteiger partial charge on any atom is 0.407 e. The van der Waals surface area contributed by atoms with Gasteiger partial charge in [0.1, 0.15) is 31.3 Å².